The highest BCUT2D eigenvalue weighted by atomic mass is 16.6. The molecule has 2 aromatic rings. The summed E-state index contributed by atoms with van der Waals surface area (Å²) in [7, 11) is 1.52. The maximum absolute atomic E-state index is 12.4. The molecule has 0 fully saturated rings. The summed E-state index contributed by atoms with van der Waals surface area (Å²) in [6, 6.07) is 10.0. The number of nitrogens with zero attached hydrogens (tertiary/aromatic N) is 2. The number of nitrogens with one attached hydrogen (secondary N) is 2. The van der Waals surface area contributed by atoms with Crippen molar-refractivity contribution in [1.82, 2.24) is 10.2 Å². The van der Waals surface area contributed by atoms with E-state index >= 15 is 0 Å². The number of fused-ring (bicyclic) bond motifs is 1. The van der Waals surface area contributed by atoms with E-state index in [0.29, 0.717) is 17.9 Å². The van der Waals surface area contributed by atoms with E-state index in [1.165, 1.54) is 19.2 Å². The summed E-state index contributed by atoms with van der Waals surface area (Å²) in [5, 5.41) is 16.1. The van der Waals surface area contributed by atoms with Crippen LogP contribution in [-0.4, -0.2) is 47.9 Å². The number of carbonyl (C=O) groups is 3. The Morgan fingerprint density at radius 1 is 1.14 bits per heavy atom. The summed E-state index contributed by atoms with van der Waals surface area (Å²) in [6.45, 7) is 0.308. The highest BCUT2D eigenvalue weighted by molar-refractivity contribution is 6.21. The maximum atomic E-state index is 12.4. The zero-order chi connectivity index (χ0) is 21.0. The molecule has 2 aromatic carbocycles. The van der Waals surface area contributed by atoms with E-state index < -0.39 is 22.8 Å². The topological polar surface area (TPSA) is 131 Å². The summed E-state index contributed by atoms with van der Waals surface area (Å²) in [6.07, 6.45) is 0.332. The first-order valence-corrected chi connectivity index (χ1v) is 8.74. The number of urea groups is 1. The van der Waals surface area contributed by atoms with E-state index in [-0.39, 0.29) is 29.9 Å². The fourth-order valence-corrected chi connectivity index (χ4v) is 2.91. The van der Waals surface area contributed by atoms with Gasteiger partial charge in [0.1, 0.15) is 5.75 Å². The number of nitro groups is 1. The smallest absolute Gasteiger partial charge is 0.319 e. The first-order chi connectivity index (χ1) is 13.9. The predicted molar refractivity (Wildman–Crippen MR) is 103 cm³/mol. The lowest BCUT2D eigenvalue weighted by molar-refractivity contribution is -0.384. The van der Waals surface area contributed by atoms with E-state index in [1.807, 2.05) is 0 Å². The molecule has 0 atom stereocenters. The van der Waals surface area contributed by atoms with Gasteiger partial charge in [-0.05, 0) is 24.6 Å². The molecule has 1 aliphatic heterocycles. The minimum atomic E-state index is -0.619. The van der Waals surface area contributed by atoms with Gasteiger partial charge in [-0.2, -0.15) is 0 Å². The molecule has 0 bridgehead atoms. The van der Waals surface area contributed by atoms with Crippen LogP contribution in [-0.2, 0) is 0 Å². The minimum Gasteiger partial charge on any atom is -0.497 e. The molecule has 0 saturated heterocycles. The molecule has 2 N–H and O–H groups in total. The van der Waals surface area contributed by atoms with Crippen LogP contribution in [0, 0.1) is 10.1 Å². The minimum absolute atomic E-state index is 0.0212. The fourth-order valence-electron chi connectivity index (χ4n) is 2.91. The predicted octanol–water partition coefficient (Wildman–Crippen LogP) is 2.41. The molecular formula is C19H18N4O6. The first kappa shape index (κ1) is 19.8. The number of ether oxygens (including phenoxy) is 1. The number of non-ortho nitro benzene ring substituents is 1. The second kappa shape index (κ2) is 8.38. The van der Waals surface area contributed by atoms with Crippen LogP contribution in [0.1, 0.15) is 27.1 Å². The van der Waals surface area contributed by atoms with Gasteiger partial charge in [-0.15, -0.1) is 0 Å². The number of anilines is 1. The van der Waals surface area contributed by atoms with Crippen molar-refractivity contribution in [2.45, 2.75) is 6.42 Å². The maximum Gasteiger partial charge on any atom is 0.319 e. The Kier molecular flexibility index (Phi) is 5.72. The van der Waals surface area contributed by atoms with Gasteiger partial charge >= 0.3 is 6.03 Å². The average molecular weight is 398 g/mol. The average Bonchev–Trinajstić information content (AvgIpc) is 2.95. The van der Waals surface area contributed by atoms with Crippen molar-refractivity contribution in [3.63, 3.8) is 0 Å². The molecule has 0 unspecified atom stereocenters. The van der Waals surface area contributed by atoms with Crippen molar-refractivity contribution in [2.75, 3.05) is 25.5 Å². The molecule has 10 nitrogen and oxygen atoms in total. The van der Waals surface area contributed by atoms with Crippen LogP contribution in [0.3, 0.4) is 0 Å². The van der Waals surface area contributed by atoms with E-state index in [2.05, 4.69) is 10.6 Å². The van der Waals surface area contributed by atoms with Crippen LogP contribution in [0.5, 0.6) is 5.75 Å². The van der Waals surface area contributed by atoms with Gasteiger partial charge in [0.2, 0.25) is 0 Å². The van der Waals surface area contributed by atoms with Gasteiger partial charge in [-0.3, -0.25) is 24.6 Å². The standard InChI is InChI=1S/C19H18N4O6/c1-29-14-5-2-4-12(10-14)21-19(26)20-8-3-9-22-17(24)15-7-6-13(23(27)28)11-16(15)18(22)25/h2,4-7,10-11H,3,8-9H2,1H3,(H2,20,21,26). The highest BCUT2D eigenvalue weighted by Gasteiger charge is 2.36. The van der Waals surface area contributed by atoms with E-state index in [4.69, 9.17) is 4.74 Å². The number of nitro benzene ring substituents is 1. The summed E-state index contributed by atoms with van der Waals surface area (Å²) in [5.74, 6) is -0.469. The zero-order valence-electron chi connectivity index (χ0n) is 15.5. The number of rotatable bonds is 7. The van der Waals surface area contributed by atoms with Gasteiger partial charge in [0, 0.05) is 37.0 Å². The van der Waals surface area contributed by atoms with E-state index in [1.54, 1.807) is 24.3 Å². The number of methoxy groups -OCH3 is 1. The van der Waals surface area contributed by atoms with Gasteiger partial charge in [0.15, 0.2) is 0 Å². The van der Waals surface area contributed by atoms with Crippen LogP contribution in [0.4, 0.5) is 16.2 Å². The van der Waals surface area contributed by atoms with Crippen LogP contribution >= 0.6 is 0 Å². The molecule has 29 heavy (non-hydrogen) atoms. The summed E-state index contributed by atoms with van der Waals surface area (Å²) in [4.78, 5) is 47.9. The Balaban J connectivity index is 1.50. The molecule has 1 aliphatic rings. The van der Waals surface area contributed by atoms with Gasteiger partial charge < -0.3 is 15.4 Å². The molecule has 150 valence electrons. The van der Waals surface area contributed by atoms with Gasteiger partial charge in [-0.25, -0.2) is 4.79 Å². The summed E-state index contributed by atoms with van der Waals surface area (Å²) < 4.78 is 5.08. The zero-order valence-corrected chi connectivity index (χ0v) is 15.5. The van der Waals surface area contributed by atoms with Crippen molar-refractivity contribution in [2.24, 2.45) is 0 Å². The molecule has 3 rings (SSSR count). The van der Waals surface area contributed by atoms with Crippen LogP contribution in [0.25, 0.3) is 0 Å². The molecule has 4 amide bonds. The van der Waals surface area contributed by atoms with Gasteiger partial charge in [0.25, 0.3) is 17.5 Å². The van der Waals surface area contributed by atoms with Crippen molar-refractivity contribution < 1.29 is 24.0 Å². The third-order valence-corrected chi connectivity index (χ3v) is 4.34. The molecule has 0 radical (unpaired) electrons. The Hall–Kier alpha value is -3.95. The van der Waals surface area contributed by atoms with Crippen molar-refractivity contribution in [3.05, 3.63) is 63.7 Å². The van der Waals surface area contributed by atoms with E-state index in [9.17, 15) is 24.5 Å². The second-order valence-electron chi connectivity index (χ2n) is 6.22. The lowest BCUT2D eigenvalue weighted by Crippen LogP contribution is -2.35. The highest BCUT2D eigenvalue weighted by Crippen LogP contribution is 2.26. The number of amides is 4. The Labute approximate surface area is 165 Å². The number of hydrogen-bond acceptors (Lipinski definition) is 6. The normalized spacial score (nSPS) is 12.5. The van der Waals surface area contributed by atoms with Crippen molar-refractivity contribution in [3.8, 4) is 5.75 Å². The molecule has 0 aromatic heterocycles. The van der Waals surface area contributed by atoms with Crippen LogP contribution < -0.4 is 15.4 Å². The largest absolute Gasteiger partial charge is 0.497 e. The third kappa shape index (κ3) is 4.32. The lowest BCUT2D eigenvalue weighted by Gasteiger charge is -2.14. The number of imide groups is 1. The first-order valence-electron chi connectivity index (χ1n) is 8.74. The third-order valence-electron chi connectivity index (χ3n) is 4.34. The molecular weight excluding hydrogens is 380 g/mol. The Bertz CT molecular complexity index is 990. The molecule has 0 spiro atoms. The fraction of sp³-hybridized carbons (Fsp3) is 0.211. The monoisotopic (exact) mass is 398 g/mol. The van der Waals surface area contributed by atoms with Crippen LogP contribution in [0.2, 0.25) is 0 Å². The molecule has 1 heterocycles. The Morgan fingerprint density at radius 3 is 2.62 bits per heavy atom. The quantitative estimate of drug-likeness (QED) is 0.319. The lowest BCUT2D eigenvalue weighted by atomic mass is 10.1. The van der Waals surface area contributed by atoms with Crippen LogP contribution in [0.15, 0.2) is 42.5 Å². The van der Waals surface area contributed by atoms with Gasteiger partial charge in [0.05, 0.1) is 23.2 Å². The molecule has 0 saturated carbocycles. The van der Waals surface area contributed by atoms with Crippen molar-refractivity contribution >= 4 is 29.2 Å². The number of carbonyl (C=O) groups excluding carboxylic acids is 3. The summed E-state index contributed by atoms with van der Waals surface area (Å²) >= 11 is 0. The molecule has 10 heteroatoms. The molecule has 0 aliphatic carbocycles. The number of benzene rings is 2. The van der Waals surface area contributed by atoms with E-state index in [0.717, 1.165) is 11.0 Å². The number of hydrogen-bond donors (Lipinski definition) is 2. The second-order valence-corrected chi connectivity index (χ2v) is 6.22. The summed E-state index contributed by atoms with van der Waals surface area (Å²) in [5.41, 5.74) is 0.476. The Morgan fingerprint density at radius 2 is 1.90 bits per heavy atom. The SMILES string of the molecule is COc1cccc(NC(=O)NCCCN2C(=O)c3ccc([N+](=O)[O-])cc3C2=O)c1. The van der Waals surface area contributed by atoms with Gasteiger partial charge in [-0.1, -0.05) is 6.07 Å². The van der Waals surface area contributed by atoms with Crippen molar-refractivity contribution in [1.29, 1.82) is 0 Å².